The van der Waals surface area contributed by atoms with Crippen LogP contribution in [0.25, 0.3) is 17.0 Å². The minimum atomic E-state index is -0.434. The fourth-order valence-corrected chi connectivity index (χ4v) is 3.24. The minimum absolute atomic E-state index is 0.0692. The summed E-state index contributed by atoms with van der Waals surface area (Å²) in [7, 11) is 0. The minimum Gasteiger partial charge on any atom is -0.349 e. The Bertz CT molecular complexity index is 1060. The van der Waals surface area contributed by atoms with E-state index in [9.17, 15) is 10.1 Å². The SMILES string of the molecule is CCCn1c(C)cc(/C=C(\C#N)C(=O)Nc2cccc3cccnc23)c1C. The van der Waals surface area contributed by atoms with E-state index in [-0.39, 0.29) is 5.57 Å². The van der Waals surface area contributed by atoms with Gasteiger partial charge in [0.25, 0.3) is 5.91 Å². The predicted octanol–water partition coefficient (Wildman–Crippen LogP) is 4.61. The van der Waals surface area contributed by atoms with Crippen molar-refractivity contribution in [3.63, 3.8) is 0 Å². The van der Waals surface area contributed by atoms with Crippen molar-refractivity contribution in [2.24, 2.45) is 0 Å². The van der Waals surface area contributed by atoms with Gasteiger partial charge in [0.2, 0.25) is 0 Å². The Kier molecular flexibility index (Phi) is 5.37. The summed E-state index contributed by atoms with van der Waals surface area (Å²) in [6.45, 7) is 7.09. The Labute approximate surface area is 159 Å². The maximum absolute atomic E-state index is 12.7. The van der Waals surface area contributed by atoms with Crippen LogP contribution < -0.4 is 5.32 Å². The van der Waals surface area contributed by atoms with Gasteiger partial charge in [-0.2, -0.15) is 5.26 Å². The highest BCUT2D eigenvalue weighted by Crippen LogP contribution is 2.22. The number of hydrogen-bond acceptors (Lipinski definition) is 3. The number of rotatable bonds is 5. The highest BCUT2D eigenvalue weighted by molar-refractivity contribution is 6.12. The zero-order chi connectivity index (χ0) is 19.4. The molecular weight excluding hydrogens is 336 g/mol. The number of amides is 1. The number of nitrogens with one attached hydrogen (secondary N) is 1. The van der Waals surface area contributed by atoms with Crippen molar-refractivity contribution in [2.75, 3.05) is 5.32 Å². The Morgan fingerprint density at radius 2 is 2.07 bits per heavy atom. The van der Waals surface area contributed by atoms with E-state index in [1.165, 1.54) is 0 Å². The molecule has 0 aliphatic heterocycles. The van der Waals surface area contributed by atoms with E-state index in [1.54, 1.807) is 18.3 Å². The second kappa shape index (κ2) is 7.88. The molecule has 0 atom stereocenters. The highest BCUT2D eigenvalue weighted by Gasteiger charge is 2.14. The van der Waals surface area contributed by atoms with E-state index in [4.69, 9.17) is 0 Å². The third kappa shape index (κ3) is 3.75. The summed E-state index contributed by atoms with van der Waals surface area (Å²) in [5.74, 6) is -0.434. The average molecular weight is 358 g/mol. The van der Waals surface area contributed by atoms with Crippen LogP contribution in [0.1, 0.15) is 30.3 Å². The molecule has 0 radical (unpaired) electrons. The molecule has 3 rings (SSSR count). The number of nitriles is 1. The third-order valence-electron chi connectivity index (χ3n) is 4.61. The number of aromatic nitrogens is 2. The van der Waals surface area contributed by atoms with Crippen LogP contribution >= 0.6 is 0 Å². The molecule has 0 saturated heterocycles. The van der Waals surface area contributed by atoms with Gasteiger partial charge in [-0.25, -0.2) is 0 Å². The lowest BCUT2D eigenvalue weighted by Crippen LogP contribution is -2.14. The molecule has 1 aromatic carbocycles. The Balaban J connectivity index is 1.92. The smallest absolute Gasteiger partial charge is 0.266 e. The van der Waals surface area contributed by atoms with Crippen LogP contribution in [-0.4, -0.2) is 15.5 Å². The summed E-state index contributed by atoms with van der Waals surface area (Å²) in [5, 5.41) is 13.3. The van der Waals surface area contributed by atoms with Crippen molar-refractivity contribution in [2.45, 2.75) is 33.7 Å². The molecule has 3 aromatic rings. The summed E-state index contributed by atoms with van der Waals surface area (Å²) >= 11 is 0. The number of aryl methyl sites for hydroxylation is 1. The molecule has 5 heteroatoms. The fourth-order valence-electron chi connectivity index (χ4n) is 3.24. The lowest BCUT2D eigenvalue weighted by molar-refractivity contribution is -0.112. The van der Waals surface area contributed by atoms with Crippen molar-refractivity contribution in [3.05, 3.63) is 65.1 Å². The first-order valence-electron chi connectivity index (χ1n) is 8.98. The van der Waals surface area contributed by atoms with Crippen LogP contribution in [0.4, 0.5) is 5.69 Å². The maximum Gasteiger partial charge on any atom is 0.266 e. The van der Waals surface area contributed by atoms with E-state index in [0.29, 0.717) is 11.2 Å². The molecule has 1 amide bonds. The van der Waals surface area contributed by atoms with Gasteiger partial charge >= 0.3 is 0 Å². The van der Waals surface area contributed by atoms with Gasteiger partial charge in [0.05, 0.1) is 11.2 Å². The largest absolute Gasteiger partial charge is 0.349 e. The van der Waals surface area contributed by atoms with Crippen LogP contribution in [0.2, 0.25) is 0 Å². The summed E-state index contributed by atoms with van der Waals surface area (Å²) in [5.41, 5.74) is 4.43. The van der Waals surface area contributed by atoms with Crippen LogP contribution in [0.15, 0.2) is 48.2 Å². The molecule has 0 aliphatic rings. The van der Waals surface area contributed by atoms with Gasteiger partial charge in [0, 0.05) is 29.5 Å². The van der Waals surface area contributed by atoms with Gasteiger partial charge in [-0.05, 0) is 50.1 Å². The maximum atomic E-state index is 12.7. The number of carbonyl (C=O) groups excluding carboxylic acids is 1. The molecule has 2 aromatic heterocycles. The molecule has 1 N–H and O–H groups in total. The van der Waals surface area contributed by atoms with Crippen LogP contribution in [0.3, 0.4) is 0 Å². The van der Waals surface area contributed by atoms with Crippen LogP contribution in [0, 0.1) is 25.2 Å². The van der Waals surface area contributed by atoms with Gasteiger partial charge in [-0.1, -0.05) is 25.1 Å². The lowest BCUT2D eigenvalue weighted by atomic mass is 10.1. The number of anilines is 1. The number of hydrogen-bond donors (Lipinski definition) is 1. The number of fused-ring (bicyclic) bond motifs is 1. The summed E-state index contributed by atoms with van der Waals surface area (Å²) in [4.78, 5) is 17.0. The fraction of sp³-hybridized carbons (Fsp3) is 0.227. The number of para-hydroxylation sites is 1. The second-order valence-electron chi connectivity index (χ2n) is 6.48. The molecule has 2 heterocycles. The molecule has 0 fully saturated rings. The third-order valence-corrected chi connectivity index (χ3v) is 4.61. The molecule has 0 aliphatic carbocycles. The van der Waals surface area contributed by atoms with Crippen molar-refractivity contribution in [3.8, 4) is 6.07 Å². The first-order chi connectivity index (χ1) is 13.0. The summed E-state index contributed by atoms with van der Waals surface area (Å²) < 4.78 is 2.20. The summed E-state index contributed by atoms with van der Waals surface area (Å²) in [6, 6.07) is 13.4. The van der Waals surface area contributed by atoms with Crippen molar-refractivity contribution < 1.29 is 4.79 Å². The molecule has 0 bridgehead atoms. The normalized spacial score (nSPS) is 11.4. The first kappa shape index (κ1) is 18.4. The number of nitrogens with zero attached hydrogens (tertiary/aromatic N) is 3. The standard InChI is InChI=1S/C22H22N4O/c1-4-11-26-15(2)12-18(16(26)3)13-19(14-23)22(27)25-20-9-5-7-17-8-6-10-24-21(17)20/h5-10,12-13H,4,11H2,1-3H3,(H,25,27)/b19-13+. The molecule has 0 saturated carbocycles. The topological polar surface area (TPSA) is 70.7 Å². The number of carbonyl (C=O) groups is 1. The quantitative estimate of drug-likeness (QED) is 0.535. The van der Waals surface area contributed by atoms with Crippen molar-refractivity contribution in [1.29, 1.82) is 5.26 Å². The lowest BCUT2D eigenvalue weighted by Gasteiger charge is -2.08. The van der Waals surface area contributed by atoms with Gasteiger partial charge in [0.1, 0.15) is 11.6 Å². The zero-order valence-corrected chi connectivity index (χ0v) is 15.8. The Hall–Kier alpha value is -3.39. The molecule has 0 unspecified atom stereocenters. The van der Waals surface area contributed by atoms with Gasteiger partial charge in [0.15, 0.2) is 0 Å². The van der Waals surface area contributed by atoms with E-state index in [2.05, 4.69) is 21.8 Å². The predicted molar refractivity (Wildman–Crippen MR) is 108 cm³/mol. The van der Waals surface area contributed by atoms with E-state index < -0.39 is 5.91 Å². The number of pyridine rings is 1. The molecule has 136 valence electrons. The molecule has 5 nitrogen and oxygen atoms in total. The zero-order valence-electron chi connectivity index (χ0n) is 15.8. The van der Waals surface area contributed by atoms with E-state index in [0.717, 1.165) is 35.3 Å². The van der Waals surface area contributed by atoms with Crippen molar-refractivity contribution in [1.82, 2.24) is 9.55 Å². The Morgan fingerprint density at radius 1 is 1.30 bits per heavy atom. The first-order valence-corrected chi connectivity index (χ1v) is 8.98. The van der Waals surface area contributed by atoms with Gasteiger partial charge < -0.3 is 9.88 Å². The highest BCUT2D eigenvalue weighted by atomic mass is 16.1. The molecule has 27 heavy (non-hydrogen) atoms. The molecular formula is C22H22N4O. The second-order valence-corrected chi connectivity index (χ2v) is 6.48. The van der Waals surface area contributed by atoms with Crippen LogP contribution in [0.5, 0.6) is 0 Å². The van der Waals surface area contributed by atoms with Crippen LogP contribution in [-0.2, 0) is 11.3 Å². The van der Waals surface area contributed by atoms with Crippen molar-refractivity contribution >= 4 is 28.6 Å². The van der Waals surface area contributed by atoms with E-state index in [1.807, 2.05) is 50.2 Å². The van der Waals surface area contributed by atoms with E-state index >= 15 is 0 Å². The Morgan fingerprint density at radius 3 is 2.81 bits per heavy atom. The van der Waals surface area contributed by atoms with Gasteiger partial charge in [-0.15, -0.1) is 0 Å². The summed E-state index contributed by atoms with van der Waals surface area (Å²) in [6.07, 6.45) is 4.36. The molecule has 0 spiro atoms. The monoisotopic (exact) mass is 358 g/mol. The average Bonchev–Trinajstić information content (AvgIpc) is 2.94. The number of benzene rings is 1. The van der Waals surface area contributed by atoms with Gasteiger partial charge in [-0.3, -0.25) is 9.78 Å².